The molecule has 0 heterocycles. The summed E-state index contributed by atoms with van der Waals surface area (Å²) in [6, 6.07) is 0. The van der Waals surface area contributed by atoms with Gasteiger partial charge in [-0.05, 0) is 100 Å². The van der Waals surface area contributed by atoms with Gasteiger partial charge in [-0.2, -0.15) is 0 Å². The number of carboxylic acids is 1. The van der Waals surface area contributed by atoms with Crippen molar-refractivity contribution >= 4 is 23.4 Å². The number of amides is 1. The van der Waals surface area contributed by atoms with Crippen LogP contribution < -0.4 is 5.32 Å². The van der Waals surface area contributed by atoms with Gasteiger partial charge in [0.15, 0.2) is 12.4 Å². The summed E-state index contributed by atoms with van der Waals surface area (Å²) in [7, 11) is 0. The Bertz CT molecular complexity index is 960. The van der Waals surface area contributed by atoms with Gasteiger partial charge in [-0.15, -0.1) is 0 Å². The predicted molar refractivity (Wildman–Crippen MR) is 135 cm³/mol. The van der Waals surface area contributed by atoms with Gasteiger partial charge in [-0.3, -0.25) is 14.4 Å². The second-order valence-corrected chi connectivity index (χ2v) is 12.0. The Morgan fingerprint density at radius 3 is 2.56 bits per heavy atom. The molecule has 8 heteroatoms. The maximum Gasteiger partial charge on any atom is 0.303 e. The lowest BCUT2D eigenvalue weighted by atomic mass is 9.46. The zero-order chi connectivity index (χ0) is 26.1. The highest BCUT2D eigenvalue weighted by Gasteiger charge is 2.65. The van der Waals surface area contributed by atoms with Gasteiger partial charge in [0.05, 0.1) is 5.71 Å². The number of carbonyl (C=O) groups is 3. The average Bonchev–Trinajstić information content (AvgIpc) is 3.11. The van der Waals surface area contributed by atoms with Crippen LogP contribution in [0.15, 0.2) is 16.8 Å². The molecule has 0 aromatic heterocycles. The van der Waals surface area contributed by atoms with Gasteiger partial charge in [0.25, 0.3) is 5.91 Å². The molecule has 3 N–H and O–H groups in total. The van der Waals surface area contributed by atoms with Crippen molar-refractivity contribution in [3.8, 4) is 0 Å². The van der Waals surface area contributed by atoms with Gasteiger partial charge in [0.2, 0.25) is 0 Å². The monoisotopic (exact) mass is 502 g/mol. The van der Waals surface area contributed by atoms with Gasteiger partial charge in [-0.1, -0.05) is 24.6 Å². The summed E-state index contributed by atoms with van der Waals surface area (Å²) >= 11 is 0. The van der Waals surface area contributed by atoms with E-state index in [1.807, 2.05) is 0 Å². The van der Waals surface area contributed by atoms with Crippen LogP contribution >= 0.6 is 0 Å². The molecule has 1 amide bonds. The number of fused-ring (bicyclic) bond motifs is 5. The maximum absolute atomic E-state index is 12.4. The fraction of sp³-hybridized carbons (Fsp3) is 0.786. The Kier molecular flexibility index (Phi) is 7.65. The Labute approximate surface area is 213 Å². The number of nitrogens with zero attached hydrogens (tertiary/aromatic N) is 1. The van der Waals surface area contributed by atoms with E-state index in [4.69, 9.17) is 9.94 Å². The zero-order valence-electron chi connectivity index (χ0n) is 22.0. The van der Waals surface area contributed by atoms with Crippen molar-refractivity contribution in [2.75, 3.05) is 13.2 Å². The molecular weight excluding hydrogens is 460 g/mol. The summed E-state index contributed by atoms with van der Waals surface area (Å²) in [5.74, 6) is 0.333. The molecule has 6 atom stereocenters. The minimum absolute atomic E-state index is 0.0704. The van der Waals surface area contributed by atoms with Crippen LogP contribution in [0, 0.1) is 28.6 Å². The molecule has 4 aliphatic rings. The number of aliphatic hydroxyl groups is 1. The third-order valence-electron chi connectivity index (χ3n) is 10.2. The third-order valence-corrected chi connectivity index (χ3v) is 10.2. The second kappa shape index (κ2) is 10.3. The summed E-state index contributed by atoms with van der Waals surface area (Å²) in [5.41, 5.74) is 0.914. The molecule has 4 rings (SSSR count). The molecule has 0 spiro atoms. The van der Waals surface area contributed by atoms with Gasteiger partial charge >= 0.3 is 5.97 Å². The second-order valence-electron chi connectivity index (χ2n) is 12.0. The van der Waals surface area contributed by atoms with Crippen molar-refractivity contribution in [3.63, 3.8) is 0 Å². The molecule has 36 heavy (non-hydrogen) atoms. The Hall–Kier alpha value is -2.22. The Morgan fingerprint density at radius 2 is 1.83 bits per heavy atom. The smallest absolute Gasteiger partial charge is 0.303 e. The zero-order valence-corrected chi connectivity index (χ0v) is 22.0. The van der Waals surface area contributed by atoms with Crippen LogP contribution in [0.2, 0.25) is 0 Å². The molecular formula is C28H42N2O6. The quantitative estimate of drug-likeness (QED) is 0.323. The molecule has 0 saturated heterocycles. The van der Waals surface area contributed by atoms with Crippen molar-refractivity contribution in [1.29, 1.82) is 0 Å². The van der Waals surface area contributed by atoms with E-state index in [0.29, 0.717) is 43.6 Å². The minimum Gasteiger partial charge on any atom is -0.481 e. The standard InChI is InChI=1S/C28H42N2O6/c1-18(31)28(35)14-11-23-21-8-7-19-16-20(9-12-26(19,2)22(21)10-13-27(23,28)3)30-36-17-24(32)29-15-5-4-6-25(33)34/h16,21-23,35H,4-15,17H2,1-3H3,(H,29,32)(H,33,34)/b30-20-/t21-,22+,23+,26-,27+,28+/m0/s1. The number of carbonyl (C=O) groups excluding carboxylic acids is 2. The summed E-state index contributed by atoms with van der Waals surface area (Å²) in [6.45, 7) is 6.39. The van der Waals surface area contributed by atoms with Gasteiger partial charge < -0.3 is 20.4 Å². The first-order chi connectivity index (χ1) is 17.0. The van der Waals surface area contributed by atoms with Crippen molar-refractivity contribution in [3.05, 3.63) is 11.6 Å². The number of hydrogen-bond acceptors (Lipinski definition) is 6. The lowest BCUT2D eigenvalue weighted by Gasteiger charge is -2.59. The summed E-state index contributed by atoms with van der Waals surface area (Å²) in [6.07, 6.45) is 10.8. The van der Waals surface area contributed by atoms with E-state index in [2.05, 4.69) is 30.4 Å². The Morgan fingerprint density at radius 1 is 1.08 bits per heavy atom. The lowest BCUT2D eigenvalue weighted by Crippen LogP contribution is -2.57. The highest BCUT2D eigenvalue weighted by atomic mass is 16.6. The number of nitrogens with one attached hydrogen (secondary N) is 1. The highest BCUT2D eigenvalue weighted by molar-refractivity contribution is 5.96. The first-order valence-electron chi connectivity index (χ1n) is 13.6. The van der Waals surface area contributed by atoms with Crippen molar-refractivity contribution in [1.82, 2.24) is 5.32 Å². The number of carboxylic acid groups (broad SMARTS) is 1. The molecule has 3 fully saturated rings. The van der Waals surface area contributed by atoms with E-state index in [-0.39, 0.29) is 35.5 Å². The normalized spacial score (nSPS) is 38.4. The number of aliphatic carboxylic acids is 1. The summed E-state index contributed by atoms with van der Waals surface area (Å²) in [5, 5.41) is 26.9. The van der Waals surface area contributed by atoms with Crippen LogP contribution in [-0.4, -0.2) is 52.3 Å². The van der Waals surface area contributed by atoms with E-state index in [1.54, 1.807) is 6.92 Å². The summed E-state index contributed by atoms with van der Waals surface area (Å²) < 4.78 is 0. The molecule has 0 unspecified atom stereocenters. The van der Waals surface area contributed by atoms with Crippen molar-refractivity contribution in [2.45, 2.75) is 97.0 Å². The molecule has 0 bridgehead atoms. The number of ketones is 1. The number of rotatable bonds is 9. The van der Waals surface area contributed by atoms with E-state index in [9.17, 15) is 19.5 Å². The maximum atomic E-state index is 12.4. The van der Waals surface area contributed by atoms with E-state index in [0.717, 1.165) is 50.7 Å². The van der Waals surface area contributed by atoms with Crippen LogP contribution in [0.3, 0.4) is 0 Å². The minimum atomic E-state index is -1.17. The van der Waals surface area contributed by atoms with Gasteiger partial charge in [0, 0.05) is 18.4 Å². The predicted octanol–water partition coefficient (Wildman–Crippen LogP) is 4.01. The fourth-order valence-corrected chi connectivity index (χ4v) is 8.09. The highest BCUT2D eigenvalue weighted by Crippen LogP contribution is 2.67. The molecule has 0 aromatic rings. The third kappa shape index (κ3) is 4.73. The van der Waals surface area contributed by atoms with E-state index in [1.165, 1.54) is 5.57 Å². The lowest BCUT2D eigenvalue weighted by molar-refractivity contribution is -0.159. The number of unbranched alkanes of at least 4 members (excludes halogenated alkanes) is 1. The van der Waals surface area contributed by atoms with Crippen LogP contribution in [0.5, 0.6) is 0 Å². The molecule has 200 valence electrons. The SMILES string of the molecule is CC(=O)[C@]1(O)CC[C@@H]2[C@H]3CCC4=C/C(=N\OCC(=O)NCCCCC(=O)O)CC[C@]4(C)[C@@H]3CC[C@]21C. The van der Waals surface area contributed by atoms with E-state index < -0.39 is 11.6 Å². The number of oxime groups is 1. The first kappa shape index (κ1) is 26.8. The molecule has 8 nitrogen and oxygen atoms in total. The van der Waals surface area contributed by atoms with E-state index >= 15 is 0 Å². The van der Waals surface area contributed by atoms with Crippen LogP contribution in [0.25, 0.3) is 0 Å². The number of allylic oxidation sites excluding steroid dienone is 2. The van der Waals surface area contributed by atoms with Crippen LogP contribution in [-0.2, 0) is 19.2 Å². The van der Waals surface area contributed by atoms with Gasteiger partial charge in [-0.25, -0.2) is 0 Å². The molecule has 0 radical (unpaired) electrons. The van der Waals surface area contributed by atoms with Gasteiger partial charge in [0.1, 0.15) is 5.60 Å². The fourth-order valence-electron chi connectivity index (χ4n) is 8.09. The molecule has 4 aliphatic carbocycles. The molecule has 3 saturated carbocycles. The number of Topliss-reactive ketones (excluding diaryl/α,β-unsaturated/α-hetero) is 1. The number of hydrogen-bond donors (Lipinski definition) is 3. The van der Waals surface area contributed by atoms with Crippen LogP contribution in [0.1, 0.15) is 91.4 Å². The topological polar surface area (TPSA) is 125 Å². The largest absolute Gasteiger partial charge is 0.481 e. The van der Waals surface area contributed by atoms with Crippen molar-refractivity contribution in [2.24, 2.45) is 33.7 Å². The van der Waals surface area contributed by atoms with Crippen LogP contribution in [0.4, 0.5) is 0 Å². The van der Waals surface area contributed by atoms with Crippen molar-refractivity contribution < 1.29 is 29.4 Å². The summed E-state index contributed by atoms with van der Waals surface area (Å²) in [4.78, 5) is 40.2. The average molecular weight is 503 g/mol. The molecule has 0 aliphatic heterocycles. The molecule has 0 aromatic carbocycles. The Balaban J connectivity index is 1.34. The first-order valence-corrected chi connectivity index (χ1v) is 13.6.